The minimum atomic E-state index is -0.149. The van der Waals surface area contributed by atoms with Crippen molar-refractivity contribution in [1.82, 2.24) is 4.90 Å². The van der Waals surface area contributed by atoms with E-state index >= 15 is 0 Å². The molecule has 13 heavy (non-hydrogen) atoms. The van der Waals surface area contributed by atoms with E-state index in [1.807, 2.05) is 6.92 Å². The standard InChI is InChI=1S/C11H23NO/c1-9-5-4-7-12(11(9)3)8-6-10(2)13/h9-11,13H,4-8H2,1-3H3. The maximum atomic E-state index is 9.21. The van der Waals surface area contributed by atoms with E-state index in [2.05, 4.69) is 18.7 Å². The molecule has 1 rings (SSSR count). The van der Waals surface area contributed by atoms with E-state index in [1.165, 1.54) is 19.4 Å². The number of hydrogen-bond donors (Lipinski definition) is 1. The highest BCUT2D eigenvalue weighted by Crippen LogP contribution is 2.22. The molecule has 1 fully saturated rings. The van der Waals surface area contributed by atoms with E-state index in [0.717, 1.165) is 18.9 Å². The normalized spacial score (nSPS) is 33.2. The molecule has 0 bridgehead atoms. The van der Waals surface area contributed by atoms with Gasteiger partial charge in [0.25, 0.3) is 0 Å². The molecule has 2 heteroatoms. The molecule has 1 aliphatic rings. The van der Waals surface area contributed by atoms with Crippen LogP contribution in [-0.2, 0) is 0 Å². The molecule has 0 aliphatic carbocycles. The molecule has 1 heterocycles. The summed E-state index contributed by atoms with van der Waals surface area (Å²) in [5, 5.41) is 9.21. The molecule has 0 radical (unpaired) electrons. The third-order valence-electron chi connectivity index (χ3n) is 3.34. The van der Waals surface area contributed by atoms with Crippen molar-refractivity contribution < 1.29 is 5.11 Å². The first-order valence-corrected chi connectivity index (χ1v) is 5.53. The quantitative estimate of drug-likeness (QED) is 0.725. The summed E-state index contributed by atoms with van der Waals surface area (Å²) in [5.74, 6) is 0.822. The van der Waals surface area contributed by atoms with Crippen LogP contribution in [0.15, 0.2) is 0 Å². The molecule has 0 aromatic heterocycles. The second kappa shape index (κ2) is 4.97. The number of aliphatic hydroxyl groups is 1. The molecule has 3 unspecified atom stereocenters. The van der Waals surface area contributed by atoms with Gasteiger partial charge in [0, 0.05) is 12.6 Å². The first kappa shape index (κ1) is 11.0. The van der Waals surface area contributed by atoms with Crippen molar-refractivity contribution in [3.63, 3.8) is 0 Å². The Hall–Kier alpha value is -0.0800. The topological polar surface area (TPSA) is 23.5 Å². The van der Waals surface area contributed by atoms with Gasteiger partial charge in [-0.2, -0.15) is 0 Å². The van der Waals surface area contributed by atoms with Crippen LogP contribution in [0.5, 0.6) is 0 Å². The van der Waals surface area contributed by atoms with Crippen molar-refractivity contribution in [2.75, 3.05) is 13.1 Å². The van der Waals surface area contributed by atoms with Crippen LogP contribution in [0.25, 0.3) is 0 Å². The molecule has 0 amide bonds. The molecule has 0 saturated carbocycles. The second-order valence-corrected chi connectivity index (χ2v) is 4.53. The molecule has 0 aromatic carbocycles. The average molecular weight is 185 g/mol. The number of piperidine rings is 1. The Morgan fingerprint density at radius 1 is 1.46 bits per heavy atom. The Labute approximate surface area is 81.9 Å². The fourth-order valence-electron chi connectivity index (χ4n) is 2.09. The first-order valence-electron chi connectivity index (χ1n) is 5.53. The summed E-state index contributed by atoms with van der Waals surface area (Å²) in [7, 11) is 0. The van der Waals surface area contributed by atoms with Crippen LogP contribution < -0.4 is 0 Å². The third kappa shape index (κ3) is 3.28. The Morgan fingerprint density at radius 2 is 2.15 bits per heavy atom. The van der Waals surface area contributed by atoms with Crippen molar-refractivity contribution >= 4 is 0 Å². The van der Waals surface area contributed by atoms with Crippen LogP contribution in [0.2, 0.25) is 0 Å². The van der Waals surface area contributed by atoms with E-state index < -0.39 is 0 Å². The highest BCUT2D eigenvalue weighted by atomic mass is 16.3. The summed E-state index contributed by atoms with van der Waals surface area (Å²) < 4.78 is 0. The van der Waals surface area contributed by atoms with Crippen LogP contribution >= 0.6 is 0 Å². The van der Waals surface area contributed by atoms with Crippen LogP contribution in [0.3, 0.4) is 0 Å². The predicted molar refractivity (Wildman–Crippen MR) is 55.7 cm³/mol. The summed E-state index contributed by atoms with van der Waals surface area (Å²) in [6, 6.07) is 0.701. The zero-order chi connectivity index (χ0) is 9.84. The summed E-state index contributed by atoms with van der Waals surface area (Å²) in [5.41, 5.74) is 0. The fourth-order valence-corrected chi connectivity index (χ4v) is 2.09. The van der Waals surface area contributed by atoms with Gasteiger partial charge >= 0.3 is 0 Å². The summed E-state index contributed by atoms with van der Waals surface area (Å²) in [6.45, 7) is 8.80. The van der Waals surface area contributed by atoms with Crippen LogP contribution in [0.4, 0.5) is 0 Å². The summed E-state index contributed by atoms with van der Waals surface area (Å²) in [6.07, 6.45) is 3.46. The molecule has 1 aliphatic heterocycles. The maximum Gasteiger partial charge on any atom is 0.0524 e. The van der Waals surface area contributed by atoms with E-state index in [9.17, 15) is 5.11 Å². The largest absolute Gasteiger partial charge is 0.393 e. The van der Waals surface area contributed by atoms with Gasteiger partial charge in [0.15, 0.2) is 0 Å². The lowest BCUT2D eigenvalue weighted by molar-refractivity contribution is 0.0891. The van der Waals surface area contributed by atoms with Crippen LogP contribution in [0, 0.1) is 5.92 Å². The van der Waals surface area contributed by atoms with Crippen molar-refractivity contribution in [3.8, 4) is 0 Å². The Kier molecular flexibility index (Phi) is 4.20. The number of likely N-dealkylation sites (tertiary alicyclic amines) is 1. The average Bonchev–Trinajstić information content (AvgIpc) is 2.07. The van der Waals surface area contributed by atoms with Crippen LogP contribution in [0.1, 0.15) is 40.0 Å². The Bertz CT molecular complexity index is 147. The van der Waals surface area contributed by atoms with Gasteiger partial charge in [-0.1, -0.05) is 6.92 Å². The zero-order valence-electron chi connectivity index (χ0n) is 9.16. The molecule has 78 valence electrons. The Morgan fingerprint density at radius 3 is 2.77 bits per heavy atom. The number of nitrogens with zero attached hydrogens (tertiary/aromatic N) is 1. The number of aliphatic hydroxyl groups excluding tert-OH is 1. The monoisotopic (exact) mass is 185 g/mol. The van der Waals surface area contributed by atoms with Crippen LogP contribution in [-0.4, -0.2) is 35.2 Å². The second-order valence-electron chi connectivity index (χ2n) is 4.53. The molecular formula is C11H23NO. The molecule has 2 nitrogen and oxygen atoms in total. The van der Waals surface area contributed by atoms with Gasteiger partial charge in [0.1, 0.15) is 0 Å². The molecule has 0 aromatic rings. The molecule has 1 saturated heterocycles. The lowest BCUT2D eigenvalue weighted by atomic mass is 9.92. The first-order chi connectivity index (χ1) is 6.11. The van der Waals surface area contributed by atoms with Gasteiger partial charge in [-0.05, 0) is 45.6 Å². The van der Waals surface area contributed by atoms with Crippen molar-refractivity contribution in [2.45, 2.75) is 52.2 Å². The minimum absolute atomic E-state index is 0.149. The smallest absolute Gasteiger partial charge is 0.0524 e. The molecule has 3 atom stereocenters. The Balaban J connectivity index is 2.31. The van der Waals surface area contributed by atoms with Gasteiger partial charge in [0.2, 0.25) is 0 Å². The van der Waals surface area contributed by atoms with Crippen molar-refractivity contribution in [2.24, 2.45) is 5.92 Å². The van der Waals surface area contributed by atoms with E-state index in [-0.39, 0.29) is 6.10 Å². The SMILES string of the molecule is CC(O)CCN1CCCC(C)C1C. The fraction of sp³-hybridized carbons (Fsp3) is 1.00. The predicted octanol–water partition coefficient (Wildman–Crippen LogP) is 1.88. The van der Waals surface area contributed by atoms with Gasteiger partial charge in [-0.15, -0.1) is 0 Å². The highest BCUT2D eigenvalue weighted by molar-refractivity contribution is 4.78. The summed E-state index contributed by atoms with van der Waals surface area (Å²) >= 11 is 0. The minimum Gasteiger partial charge on any atom is -0.393 e. The van der Waals surface area contributed by atoms with Crippen molar-refractivity contribution in [1.29, 1.82) is 0 Å². The maximum absolute atomic E-state index is 9.21. The lowest BCUT2D eigenvalue weighted by Crippen LogP contribution is -2.43. The van der Waals surface area contributed by atoms with Gasteiger partial charge in [0.05, 0.1) is 6.10 Å². The van der Waals surface area contributed by atoms with Gasteiger partial charge < -0.3 is 10.0 Å². The van der Waals surface area contributed by atoms with Crippen molar-refractivity contribution in [3.05, 3.63) is 0 Å². The summed E-state index contributed by atoms with van der Waals surface area (Å²) in [4.78, 5) is 2.51. The molecule has 0 spiro atoms. The van der Waals surface area contributed by atoms with Gasteiger partial charge in [-0.3, -0.25) is 0 Å². The zero-order valence-corrected chi connectivity index (χ0v) is 9.16. The van der Waals surface area contributed by atoms with E-state index in [1.54, 1.807) is 0 Å². The number of hydrogen-bond acceptors (Lipinski definition) is 2. The number of rotatable bonds is 3. The molecule has 1 N–H and O–H groups in total. The van der Waals surface area contributed by atoms with Gasteiger partial charge in [-0.25, -0.2) is 0 Å². The van der Waals surface area contributed by atoms with E-state index in [4.69, 9.17) is 0 Å². The van der Waals surface area contributed by atoms with E-state index in [0.29, 0.717) is 6.04 Å². The lowest BCUT2D eigenvalue weighted by Gasteiger charge is -2.38. The molecular weight excluding hydrogens is 162 g/mol. The third-order valence-corrected chi connectivity index (χ3v) is 3.34. The highest BCUT2D eigenvalue weighted by Gasteiger charge is 2.23.